The van der Waals surface area contributed by atoms with Gasteiger partial charge in [0.15, 0.2) is 0 Å². The molecule has 1 aromatic rings. The van der Waals surface area contributed by atoms with Gasteiger partial charge in [-0.05, 0) is 6.54 Å². The molecular weight excluding hydrogens is 218 g/mol. The summed E-state index contributed by atoms with van der Waals surface area (Å²) in [5.41, 5.74) is 1.25. The minimum atomic E-state index is 0.112. The summed E-state index contributed by atoms with van der Waals surface area (Å²) in [6.07, 6.45) is 0. The van der Waals surface area contributed by atoms with Gasteiger partial charge in [-0.3, -0.25) is 4.90 Å². The number of nitrogens with zero attached hydrogens (tertiary/aromatic N) is 3. The lowest BCUT2D eigenvalue weighted by Gasteiger charge is -2.16. The molecule has 0 aromatic carbocycles. The second-order valence-corrected chi connectivity index (χ2v) is 5.78. The Labute approximate surface area is 102 Å². The van der Waals surface area contributed by atoms with E-state index in [0.29, 0.717) is 6.54 Å². The maximum absolute atomic E-state index is 8.67. The van der Waals surface area contributed by atoms with Crippen LogP contribution in [0.5, 0.6) is 0 Å². The molecule has 0 radical (unpaired) electrons. The molecule has 0 bridgehead atoms. The monoisotopic (exact) mass is 237 g/mol. The van der Waals surface area contributed by atoms with Crippen molar-refractivity contribution in [3.05, 3.63) is 16.1 Å². The third-order valence-electron chi connectivity index (χ3n) is 2.42. The summed E-state index contributed by atoms with van der Waals surface area (Å²) in [6.45, 7) is 10.7. The van der Waals surface area contributed by atoms with Crippen LogP contribution in [0.3, 0.4) is 0 Å². The van der Waals surface area contributed by atoms with Gasteiger partial charge >= 0.3 is 0 Å². The normalized spacial score (nSPS) is 11.8. The lowest BCUT2D eigenvalue weighted by molar-refractivity contribution is 0.313. The van der Waals surface area contributed by atoms with Gasteiger partial charge in [-0.2, -0.15) is 5.26 Å². The third-order valence-corrected chi connectivity index (χ3v) is 3.25. The van der Waals surface area contributed by atoms with Crippen molar-refractivity contribution in [1.82, 2.24) is 9.88 Å². The lowest BCUT2D eigenvalue weighted by atomic mass is 9.93. The van der Waals surface area contributed by atoms with Crippen LogP contribution in [0.1, 0.15) is 38.4 Å². The predicted octanol–water partition coefficient (Wildman–Crippen LogP) is 2.79. The van der Waals surface area contributed by atoms with Crippen LogP contribution in [-0.2, 0) is 12.0 Å². The molecule has 88 valence electrons. The fraction of sp³-hybridized carbons (Fsp3) is 0.667. The summed E-state index contributed by atoms with van der Waals surface area (Å²) >= 11 is 1.68. The van der Waals surface area contributed by atoms with Gasteiger partial charge in [-0.25, -0.2) is 4.98 Å². The highest BCUT2D eigenvalue weighted by atomic mass is 32.1. The van der Waals surface area contributed by atoms with Gasteiger partial charge in [0.25, 0.3) is 0 Å². The molecule has 0 N–H and O–H groups in total. The molecular formula is C12H19N3S. The summed E-state index contributed by atoms with van der Waals surface area (Å²) in [7, 11) is 0. The van der Waals surface area contributed by atoms with Gasteiger partial charge in [-0.15, -0.1) is 11.3 Å². The van der Waals surface area contributed by atoms with Crippen molar-refractivity contribution in [2.75, 3.05) is 13.1 Å². The topological polar surface area (TPSA) is 39.9 Å². The Kier molecular flexibility index (Phi) is 4.45. The van der Waals surface area contributed by atoms with Crippen LogP contribution in [0.25, 0.3) is 0 Å². The molecule has 0 amide bonds. The Balaban J connectivity index is 2.69. The zero-order valence-electron chi connectivity index (χ0n) is 10.4. The minimum absolute atomic E-state index is 0.112. The highest BCUT2D eigenvalue weighted by Crippen LogP contribution is 2.24. The zero-order chi connectivity index (χ0) is 12.2. The van der Waals surface area contributed by atoms with Crippen LogP contribution >= 0.6 is 11.3 Å². The number of nitriles is 1. The molecule has 0 aliphatic heterocycles. The van der Waals surface area contributed by atoms with E-state index in [2.05, 4.69) is 49.0 Å². The van der Waals surface area contributed by atoms with E-state index in [9.17, 15) is 0 Å². The maximum atomic E-state index is 8.67. The Hall–Kier alpha value is -0.920. The molecule has 0 aliphatic rings. The summed E-state index contributed by atoms with van der Waals surface area (Å²) in [5, 5.41) is 11.9. The highest BCUT2D eigenvalue weighted by molar-refractivity contribution is 7.09. The van der Waals surface area contributed by atoms with Crippen molar-refractivity contribution in [3.63, 3.8) is 0 Å². The predicted molar refractivity (Wildman–Crippen MR) is 67.4 cm³/mol. The zero-order valence-corrected chi connectivity index (χ0v) is 11.3. The van der Waals surface area contributed by atoms with E-state index in [1.807, 2.05) is 0 Å². The van der Waals surface area contributed by atoms with Crippen molar-refractivity contribution in [2.45, 2.75) is 39.7 Å². The molecule has 4 heteroatoms. The quantitative estimate of drug-likeness (QED) is 0.756. The largest absolute Gasteiger partial charge is 0.284 e. The van der Waals surface area contributed by atoms with Gasteiger partial charge in [0.1, 0.15) is 5.01 Å². The van der Waals surface area contributed by atoms with Crippen LogP contribution < -0.4 is 0 Å². The first kappa shape index (κ1) is 13.1. The van der Waals surface area contributed by atoms with Crippen molar-refractivity contribution in [2.24, 2.45) is 0 Å². The second-order valence-electron chi connectivity index (χ2n) is 4.84. The van der Waals surface area contributed by atoms with E-state index >= 15 is 0 Å². The van der Waals surface area contributed by atoms with E-state index in [-0.39, 0.29) is 5.41 Å². The van der Waals surface area contributed by atoms with Crippen LogP contribution in [0.2, 0.25) is 0 Å². The Morgan fingerprint density at radius 1 is 1.50 bits per heavy atom. The fourth-order valence-corrected chi connectivity index (χ4v) is 2.36. The van der Waals surface area contributed by atoms with Crippen LogP contribution in [0.15, 0.2) is 5.38 Å². The van der Waals surface area contributed by atoms with Gasteiger partial charge < -0.3 is 0 Å². The van der Waals surface area contributed by atoms with E-state index in [4.69, 9.17) is 5.26 Å². The first-order chi connectivity index (χ1) is 7.47. The minimum Gasteiger partial charge on any atom is -0.284 e. The molecule has 0 fully saturated rings. The first-order valence-electron chi connectivity index (χ1n) is 5.51. The Morgan fingerprint density at radius 2 is 2.19 bits per heavy atom. The number of thiazole rings is 1. The highest BCUT2D eigenvalue weighted by Gasteiger charge is 2.17. The molecule has 1 heterocycles. The smallest absolute Gasteiger partial charge is 0.107 e. The fourth-order valence-electron chi connectivity index (χ4n) is 1.30. The molecule has 0 unspecified atom stereocenters. The summed E-state index contributed by atoms with van der Waals surface area (Å²) in [5.74, 6) is 0. The molecule has 1 aromatic heterocycles. The Bertz CT molecular complexity index is 370. The van der Waals surface area contributed by atoms with Gasteiger partial charge in [0.05, 0.1) is 24.9 Å². The molecule has 0 saturated carbocycles. The third kappa shape index (κ3) is 3.58. The first-order valence-corrected chi connectivity index (χ1v) is 6.39. The number of rotatable bonds is 4. The molecule has 16 heavy (non-hydrogen) atoms. The molecule has 1 rings (SSSR count). The molecule has 0 spiro atoms. The average molecular weight is 237 g/mol. The standard InChI is InChI=1S/C12H19N3S/c1-5-15(7-6-13)8-11-14-10(9-16-11)12(2,3)4/h9H,5,7-8H2,1-4H3. The van der Waals surface area contributed by atoms with Crippen molar-refractivity contribution >= 4 is 11.3 Å². The summed E-state index contributed by atoms with van der Waals surface area (Å²) < 4.78 is 0. The van der Waals surface area contributed by atoms with Crippen LogP contribution in [0.4, 0.5) is 0 Å². The second kappa shape index (κ2) is 5.42. The van der Waals surface area contributed by atoms with E-state index in [1.165, 1.54) is 0 Å². The number of hydrogen-bond donors (Lipinski definition) is 0. The van der Waals surface area contributed by atoms with Crippen LogP contribution in [0, 0.1) is 11.3 Å². The van der Waals surface area contributed by atoms with E-state index in [1.54, 1.807) is 11.3 Å². The van der Waals surface area contributed by atoms with Crippen molar-refractivity contribution in [1.29, 1.82) is 5.26 Å². The molecule has 0 aliphatic carbocycles. The van der Waals surface area contributed by atoms with Crippen molar-refractivity contribution in [3.8, 4) is 6.07 Å². The SMILES string of the molecule is CCN(CC#N)Cc1nc(C(C)(C)C)cs1. The summed E-state index contributed by atoms with van der Waals surface area (Å²) in [6, 6.07) is 2.18. The summed E-state index contributed by atoms with van der Waals surface area (Å²) in [4.78, 5) is 6.71. The molecule has 0 atom stereocenters. The van der Waals surface area contributed by atoms with Crippen molar-refractivity contribution < 1.29 is 0 Å². The number of hydrogen-bond acceptors (Lipinski definition) is 4. The van der Waals surface area contributed by atoms with E-state index in [0.717, 1.165) is 23.8 Å². The van der Waals surface area contributed by atoms with Gasteiger partial charge in [-0.1, -0.05) is 27.7 Å². The Morgan fingerprint density at radius 3 is 2.62 bits per heavy atom. The average Bonchev–Trinajstić information content (AvgIpc) is 2.65. The van der Waals surface area contributed by atoms with Gasteiger partial charge in [0, 0.05) is 10.8 Å². The van der Waals surface area contributed by atoms with E-state index < -0.39 is 0 Å². The lowest BCUT2D eigenvalue weighted by Crippen LogP contribution is -2.23. The molecule has 0 saturated heterocycles. The van der Waals surface area contributed by atoms with Crippen LogP contribution in [-0.4, -0.2) is 23.0 Å². The maximum Gasteiger partial charge on any atom is 0.107 e. The number of aromatic nitrogens is 1. The van der Waals surface area contributed by atoms with Gasteiger partial charge in [0.2, 0.25) is 0 Å². The molecule has 3 nitrogen and oxygen atoms in total.